The molecule has 0 bridgehead atoms. The van der Waals surface area contributed by atoms with Crippen molar-refractivity contribution in [1.82, 2.24) is 0 Å². The Labute approximate surface area is 185 Å². The van der Waals surface area contributed by atoms with Crippen LogP contribution in [0.3, 0.4) is 0 Å². The minimum Gasteiger partial charge on any atom is -0.328 e. The largest absolute Gasteiger partial charge is 0.328 e. The molecule has 30 heavy (non-hydrogen) atoms. The Balaban J connectivity index is -0.000000793. The van der Waals surface area contributed by atoms with Crippen LogP contribution in [0.4, 0.5) is 5.69 Å². The SMILES string of the molecule is C=C/C=C(\CC=CC)N(/C=C\CC)c1ccccc1C(=C)C.CC.CC(C)N.N=N. The zero-order valence-corrected chi connectivity index (χ0v) is 20.2. The fourth-order valence-corrected chi connectivity index (χ4v) is 2.21. The van der Waals surface area contributed by atoms with Crippen molar-refractivity contribution in [3.05, 3.63) is 85.3 Å². The van der Waals surface area contributed by atoms with Crippen LogP contribution < -0.4 is 10.6 Å². The molecule has 0 radical (unpaired) electrons. The Morgan fingerprint density at radius 1 is 1.17 bits per heavy atom. The van der Waals surface area contributed by atoms with E-state index in [4.69, 9.17) is 16.8 Å². The van der Waals surface area contributed by atoms with Gasteiger partial charge in [-0.2, -0.15) is 0 Å². The summed E-state index contributed by atoms with van der Waals surface area (Å²) in [5, 5.41) is 0. The van der Waals surface area contributed by atoms with E-state index in [2.05, 4.69) is 79.8 Å². The Morgan fingerprint density at radius 3 is 2.13 bits per heavy atom. The minimum absolute atomic E-state index is 0.333. The van der Waals surface area contributed by atoms with E-state index in [0.717, 1.165) is 24.1 Å². The van der Waals surface area contributed by atoms with Gasteiger partial charge >= 0.3 is 0 Å². The number of nitrogens with two attached hydrogens (primary N) is 1. The van der Waals surface area contributed by atoms with E-state index in [1.165, 1.54) is 11.3 Å². The van der Waals surface area contributed by atoms with Crippen molar-refractivity contribution in [1.29, 1.82) is 11.1 Å². The molecule has 0 aliphatic rings. The first-order valence-corrected chi connectivity index (χ1v) is 10.5. The lowest BCUT2D eigenvalue weighted by Crippen LogP contribution is -2.16. The van der Waals surface area contributed by atoms with Crippen molar-refractivity contribution < 1.29 is 0 Å². The van der Waals surface area contributed by atoms with Gasteiger partial charge in [-0.25, -0.2) is 11.1 Å². The van der Waals surface area contributed by atoms with Crippen LogP contribution in [-0.2, 0) is 0 Å². The smallest absolute Gasteiger partial charge is 0.0527 e. The zero-order valence-electron chi connectivity index (χ0n) is 20.2. The second kappa shape index (κ2) is 22.6. The molecule has 4 nitrogen and oxygen atoms in total. The van der Waals surface area contributed by atoms with Crippen LogP contribution in [0, 0.1) is 11.1 Å². The molecule has 0 fully saturated rings. The highest BCUT2D eigenvalue weighted by atomic mass is 15.1. The van der Waals surface area contributed by atoms with Gasteiger partial charge in [-0.15, -0.1) is 0 Å². The molecule has 0 heterocycles. The van der Waals surface area contributed by atoms with Gasteiger partial charge in [0.25, 0.3) is 0 Å². The van der Waals surface area contributed by atoms with Crippen LogP contribution in [0.15, 0.2) is 79.7 Å². The summed E-state index contributed by atoms with van der Waals surface area (Å²) in [5.41, 5.74) is 19.7. The average molecular weight is 413 g/mol. The summed E-state index contributed by atoms with van der Waals surface area (Å²) in [4.78, 5) is 2.23. The summed E-state index contributed by atoms with van der Waals surface area (Å²) in [5.74, 6) is 0. The summed E-state index contributed by atoms with van der Waals surface area (Å²) in [6.45, 7) is 22.1. The summed E-state index contributed by atoms with van der Waals surface area (Å²) in [6.07, 6.45) is 14.3. The molecule has 168 valence electrons. The maximum atomic E-state index is 5.11. The van der Waals surface area contributed by atoms with Gasteiger partial charge in [0.15, 0.2) is 0 Å². The van der Waals surface area contributed by atoms with E-state index in [-0.39, 0.29) is 0 Å². The second-order valence-corrected chi connectivity index (χ2v) is 6.37. The summed E-state index contributed by atoms with van der Waals surface area (Å²) >= 11 is 0. The fraction of sp³-hybridized carbons (Fsp3) is 0.385. The Bertz CT molecular complexity index is 652. The first-order chi connectivity index (χ1) is 14.4. The standard InChI is InChI=1S/C21H27N.C3H9N.C2H6.H2N2/c1-6-9-14-19(13-8-3)22(17-10-7-2)21-16-12-11-15-20(21)18(4)5;1-3(2)4;2*1-2/h6,8-13,15-17H,3-4,7,14H2,1-2,5H3;3H,4H2,1-2H3;1-2H3;1-2H/b9-6?,17-10-,19-13+;;;. The van der Waals surface area contributed by atoms with Crippen LogP contribution >= 0.6 is 0 Å². The van der Waals surface area contributed by atoms with E-state index >= 15 is 0 Å². The number of nitrogens with one attached hydrogen (secondary N) is 2. The highest BCUT2D eigenvalue weighted by Crippen LogP contribution is 2.30. The van der Waals surface area contributed by atoms with Gasteiger partial charge in [-0.1, -0.05) is 90.3 Å². The molecular weight excluding hydrogens is 368 g/mol. The quantitative estimate of drug-likeness (QED) is 0.227. The van der Waals surface area contributed by atoms with Gasteiger partial charge in [0, 0.05) is 23.9 Å². The molecule has 1 aromatic rings. The molecule has 0 aliphatic heterocycles. The Kier molecular flexibility index (Phi) is 24.0. The van der Waals surface area contributed by atoms with Crippen molar-refractivity contribution in [3.63, 3.8) is 0 Å². The van der Waals surface area contributed by atoms with E-state index in [9.17, 15) is 0 Å². The number of rotatable bonds is 8. The highest BCUT2D eigenvalue weighted by Gasteiger charge is 2.12. The molecule has 0 spiro atoms. The third kappa shape index (κ3) is 15.2. The normalized spacial score (nSPS) is 10.4. The van der Waals surface area contributed by atoms with Crippen LogP contribution in [-0.4, -0.2) is 6.04 Å². The first kappa shape index (κ1) is 32.0. The second-order valence-electron chi connectivity index (χ2n) is 6.37. The predicted molar refractivity (Wildman–Crippen MR) is 137 cm³/mol. The molecular formula is C26H44N4. The topological polar surface area (TPSA) is 77.0 Å². The average Bonchev–Trinajstić information content (AvgIpc) is 2.74. The van der Waals surface area contributed by atoms with Crippen LogP contribution in [0.1, 0.15) is 66.9 Å². The fourth-order valence-electron chi connectivity index (χ4n) is 2.21. The van der Waals surface area contributed by atoms with Crippen molar-refractivity contribution in [2.75, 3.05) is 4.90 Å². The van der Waals surface area contributed by atoms with Gasteiger partial charge < -0.3 is 10.6 Å². The van der Waals surface area contributed by atoms with Crippen molar-refractivity contribution in [3.8, 4) is 0 Å². The lowest BCUT2D eigenvalue weighted by molar-refractivity contribution is 0.834. The van der Waals surface area contributed by atoms with Crippen LogP contribution in [0.25, 0.3) is 5.57 Å². The molecule has 0 aromatic heterocycles. The number of hydrogen-bond donors (Lipinski definition) is 3. The number of nitrogens with zero attached hydrogens (tertiary/aromatic N) is 1. The Morgan fingerprint density at radius 2 is 1.70 bits per heavy atom. The van der Waals surface area contributed by atoms with Gasteiger partial charge in [0.05, 0.1) is 5.69 Å². The van der Waals surface area contributed by atoms with E-state index in [0.29, 0.717) is 6.04 Å². The number of anilines is 1. The minimum atomic E-state index is 0.333. The lowest BCUT2D eigenvalue weighted by atomic mass is 10.0. The number of benzene rings is 1. The third-order valence-electron chi connectivity index (χ3n) is 3.30. The van der Waals surface area contributed by atoms with Gasteiger partial charge in [0.2, 0.25) is 0 Å². The molecule has 1 aromatic carbocycles. The summed E-state index contributed by atoms with van der Waals surface area (Å²) < 4.78 is 0. The molecule has 0 aliphatic carbocycles. The monoisotopic (exact) mass is 412 g/mol. The van der Waals surface area contributed by atoms with Gasteiger partial charge in [-0.3, -0.25) is 0 Å². The number of para-hydroxylation sites is 1. The number of allylic oxidation sites excluding steroid dienone is 6. The first-order valence-electron chi connectivity index (χ1n) is 10.5. The van der Waals surface area contributed by atoms with Gasteiger partial charge in [0.1, 0.15) is 0 Å². The maximum absolute atomic E-state index is 5.11. The van der Waals surface area contributed by atoms with Gasteiger partial charge in [-0.05, 0) is 44.0 Å². The molecule has 0 unspecified atom stereocenters. The molecule has 0 amide bonds. The maximum Gasteiger partial charge on any atom is 0.0527 e. The highest BCUT2D eigenvalue weighted by molar-refractivity contribution is 5.77. The number of hydrogen-bond acceptors (Lipinski definition) is 4. The molecule has 4 N–H and O–H groups in total. The lowest BCUT2D eigenvalue weighted by Gasteiger charge is -2.26. The van der Waals surface area contributed by atoms with Crippen molar-refractivity contribution >= 4 is 11.3 Å². The molecule has 1 rings (SSSR count). The predicted octanol–water partition coefficient (Wildman–Crippen LogP) is 8.46. The molecule has 0 saturated carbocycles. The summed E-state index contributed by atoms with van der Waals surface area (Å²) in [7, 11) is 0. The third-order valence-corrected chi connectivity index (χ3v) is 3.30. The van der Waals surface area contributed by atoms with Crippen molar-refractivity contribution in [2.24, 2.45) is 5.73 Å². The zero-order chi connectivity index (χ0) is 23.9. The summed E-state index contributed by atoms with van der Waals surface area (Å²) in [6, 6.07) is 8.70. The Hall–Kier alpha value is -2.72. The van der Waals surface area contributed by atoms with E-state index in [1.54, 1.807) is 0 Å². The molecule has 4 heteroatoms. The molecule has 0 saturated heterocycles. The van der Waals surface area contributed by atoms with Crippen molar-refractivity contribution in [2.45, 2.75) is 67.3 Å². The van der Waals surface area contributed by atoms with E-state index in [1.807, 2.05) is 47.6 Å². The molecule has 0 atom stereocenters. The van der Waals surface area contributed by atoms with Crippen LogP contribution in [0.2, 0.25) is 0 Å². The van der Waals surface area contributed by atoms with Crippen LogP contribution in [0.5, 0.6) is 0 Å². The van der Waals surface area contributed by atoms with E-state index < -0.39 is 0 Å².